The van der Waals surface area contributed by atoms with Gasteiger partial charge in [0, 0.05) is 30.3 Å². The van der Waals surface area contributed by atoms with Gasteiger partial charge in [0.2, 0.25) is 5.91 Å². The molecule has 1 aromatic rings. The van der Waals surface area contributed by atoms with Gasteiger partial charge in [0.05, 0.1) is 5.57 Å². The number of carbonyl (C=O) groups excluding carboxylic acids is 2. The second-order valence-electron chi connectivity index (χ2n) is 9.73. The Morgan fingerprint density at radius 2 is 1.93 bits per heavy atom. The summed E-state index contributed by atoms with van der Waals surface area (Å²) in [6, 6.07) is 10.7. The molecule has 3 unspecified atom stereocenters. The zero-order valence-corrected chi connectivity index (χ0v) is 18.5. The third-order valence-corrected chi connectivity index (χ3v) is 7.74. The van der Waals surface area contributed by atoms with Crippen LogP contribution in [0.3, 0.4) is 0 Å². The first-order chi connectivity index (χ1) is 14.2. The van der Waals surface area contributed by atoms with Crippen molar-refractivity contribution >= 4 is 11.7 Å². The normalized spacial score (nSPS) is 35.5. The molecule has 6 atom stereocenters. The maximum atomic E-state index is 12.7. The topological polar surface area (TPSA) is 73.2 Å². The van der Waals surface area contributed by atoms with Crippen molar-refractivity contribution in [1.82, 2.24) is 10.2 Å². The van der Waals surface area contributed by atoms with Gasteiger partial charge in [0.25, 0.3) is 0 Å². The molecule has 0 aromatic heterocycles. The number of fused-ring (bicyclic) bond motifs is 3. The highest BCUT2D eigenvalue weighted by Gasteiger charge is 2.58. The molecule has 5 heteroatoms. The molecule has 0 bridgehead atoms. The zero-order chi connectivity index (χ0) is 21.8. The number of nitrogens with one attached hydrogen (secondary N) is 1. The second kappa shape index (κ2) is 7.35. The van der Waals surface area contributed by atoms with Crippen LogP contribution >= 0.6 is 0 Å². The molecule has 2 aliphatic carbocycles. The molecule has 5 nitrogen and oxygen atoms in total. The van der Waals surface area contributed by atoms with E-state index in [9.17, 15) is 14.9 Å². The Morgan fingerprint density at radius 3 is 2.50 bits per heavy atom. The number of benzene rings is 1. The number of allylic oxidation sites excluding steroid dienone is 1. The minimum absolute atomic E-state index is 0.00817. The van der Waals surface area contributed by atoms with Gasteiger partial charge in [-0.1, -0.05) is 58.0 Å². The molecule has 1 heterocycles. The molecule has 1 saturated carbocycles. The number of nitrogens with zero attached hydrogens (tertiary/aromatic N) is 2. The molecule has 1 N–H and O–H groups in total. The fourth-order valence-electron chi connectivity index (χ4n) is 6.12. The van der Waals surface area contributed by atoms with Crippen LogP contribution in [0.5, 0.6) is 0 Å². The average molecular weight is 406 g/mol. The summed E-state index contributed by atoms with van der Waals surface area (Å²) in [6.45, 7) is 10.1. The molecular weight excluding hydrogens is 374 g/mol. The molecule has 4 rings (SSSR count). The number of rotatable bonds is 2. The smallest absolute Gasteiger partial charge is 0.221 e. The highest BCUT2D eigenvalue weighted by atomic mass is 16.2. The third kappa shape index (κ3) is 3.01. The van der Waals surface area contributed by atoms with E-state index < -0.39 is 0 Å². The van der Waals surface area contributed by atoms with Crippen molar-refractivity contribution in [3.63, 3.8) is 0 Å². The van der Waals surface area contributed by atoms with Crippen molar-refractivity contribution in [3.05, 3.63) is 47.0 Å². The number of hydrogen-bond acceptors (Lipinski definition) is 4. The molecule has 30 heavy (non-hydrogen) atoms. The highest BCUT2D eigenvalue weighted by molar-refractivity contribution is 6.01. The number of hydrogen-bond donors (Lipinski definition) is 1. The number of ketones is 1. The quantitative estimate of drug-likeness (QED) is 0.805. The standard InChI is InChI=1S/C25H31N3O2/c1-14(2)17-6-8-18(9-7-17)24-27-23-21(28(24)16(4)29)11-10-20-15(3)22(30)19(13-26)12-25(20,23)5/h6-9,12,14-15,20-21,23-24,27H,10-11H2,1-5H3/t15-,20-,21?,23?,24?,25-/m1/s1. The predicted molar refractivity (Wildman–Crippen MR) is 115 cm³/mol. The summed E-state index contributed by atoms with van der Waals surface area (Å²) < 4.78 is 0. The fraction of sp³-hybridized carbons (Fsp3) is 0.560. The van der Waals surface area contributed by atoms with Crippen LogP contribution in [0.15, 0.2) is 35.9 Å². The van der Waals surface area contributed by atoms with E-state index in [1.807, 2.05) is 17.9 Å². The van der Waals surface area contributed by atoms with Crippen LogP contribution in [0.2, 0.25) is 0 Å². The second-order valence-corrected chi connectivity index (χ2v) is 9.73. The molecule has 0 radical (unpaired) electrons. The molecule has 3 aliphatic rings. The minimum atomic E-state index is -0.346. The summed E-state index contributed by atoms with van der Waals surface area (Å²) in [5.41, 5.74) is 2.27. The van der Waals surface area contributed by atoms with E-state index in [4.69, 9.17) is 0 Å². The highest BCUT2D eigenvalue weighted by Crippen LogP contribution is 2.54. The van der Waals surface area contributed by atoms with Crippen molar-refractivity contribution in [2.45, 2.75) is 71.6 Å². The summed E-state index contributed by atoms with van der Waals surface area (Å²) in [4.78, 5) is 27.3. The van der Waals surface area contributed by atoms with Crippen molar-refractivity contribution in [2.75, 3.05) is 0 Å². The third-order valence-electron chi connectivity index (χ3n) is 7.74. The summed E-state index contributed by atoms with van der Waals surface area (Å²) >= 11 is 0. The van der Waals surface area contributed by atoms with Gasteiger partial charge in [-0.15, -0.1) is 0 Å². The number of carbonyl (C=O) groups is 2. The molecule has 1 aliphatic heterocycles. The monoisotopic (exact) mass is 405 g/mol. The number of Topliss-reactive ketones (excluding diaryl/α,β-unsaturated/α-hetero) is 1. The molecular formula is C25H31N3O2. The van der Waals surface area contributed by atoms with Crippen LogP contribution in [-0.2, 0) is 9.59 Å². The molecule has 1 amide bonds. The van der Waals surface area contributed by atoms with Crippen LogP contribution in [0.4, 0.5) is 0 Å². The van der Waals surface area contributed by atoms with Crippen molar-refractivity contribution in [2.24, 2.45) is 17.3 Å². The van der Waals surface area contributed by atoms with Gasteiger partial charge in [-0.25, -0.2) is 0 Å². The first-order valence-electron chi connectivity index (χ1n) is 11.0. The van der Waals surface area contributed by atoms with E-state index in [1.54, 1.807) is 6.92 Å². The van der Waals surface area contributed by atoms with Gasteiger partial charge in [0.15, 0.2) is 5.78 Å². The lowest BCUT2D eigenvalue weighted by Crippen LogP contribution is -2.58. The van der Waals surface area contributed by atoms with E-state index in [-0.39, 0.29) is 52.8 Å². The van der Waals surface area contributed by atoms with Crippen molar-refractivity contribution in [3.8, 4) is 6.07 Å². The lowest BCUT2D eigenvalue weighted by atomic mass is 9.55. The molecule has 158 valence electrons. The maximum absolute atomic E-state index is 12.7. The Morgan fingerprint density at radius 1 is 1.27 bits per heavy atom. The lowest BCUT2D eigenvalue weighted by molar-refractivity contribution is -0.134. The summed E-state index contributed by atoms with van der Waals surface area (Å²) in [6.07, 6.45) is 3.45. The van der Waals surface area contributed by atoms with Gasteiger partial charge in [-0.2, -0.15) is 5.26 Å². The van der Waals surface area contributed by atoms with Crippen LogP contribution in [0.1, 0.15) is 70.7 Å². The van der Waals surface area contributed by atoms with Gasteiger partial charge in [-0.05, 0) is 35.8 Å². The van der Waals surface area contributed by atoms with Crippen LogP contribution in [0, 0.1) is 28.6 Å². The van der Waals surface area contributed by atoms with E-state index in [0.717, 1.165) is 18.4 Å². The van der Waals surface area contributed by atoms with Crippen LogP contribution < -0.4 is 5.32 Å². The molecule has 2 fully saturated rings. The molecule has 1 aromatic carbocycles. The number of amides is 1. The Balaban J connectivity index is 1.75. The fourth-order valence-corrected chi connectivity index (χ4v) is 6.12. The SMILES string of the molecule is CC(=O)N1C(c2ccc(C(C)C)cc2)NC2C1CC[C@@H]1[C@@H](C)C(=O)C(C#N)=C[C@@]21C. The van der Waals surface area contributed by atoms with Crippen LogP contribution in [-0.4, -0.2) is 28.7 Å². The van der Waals surface area contributed by atoms with Crippen molar-refractivity contribution < 1.29 is 9.59 Å². The van der Waals surface area contributed by atoms with E-state index in [2.05, 4.69) is 56.4 Å². The summed E-state index contributed by atoms with van der Waals surface area (Å²) in [5, 5.41) is 13.3. The maximum Gasteiger partial charge on any atom is 0.221 e. The Labute approximate surface area is 179 Å². The van der Waals surface area contributed by atoms with Gasteiger partial charge in [0.1, 0.15) is 12.2 Å². The average Bonchev–Trinajstić information content (AvgIpc) is 3.12. The Bertz CT molecular complexity index is 942. The van der Waals surface area contributed by atoms with Crippen LogP contribution in [0.25, 0.3) is 0 Å². The molecule has 0 spiro atoms. The zero-order valence-electron chi connectivity index (χ0n) is 18.5. The van der Waals surface area contributed by atoms with Gasteiger partial charge >= 0.3 is 0 Å². The van der Waals surface area contributed by atoms with E-state index in [1.165, 1.54) is 5.56 Å². The van der Waals surface area contributed by atoms with E-state index in [0.29, 0.717) is 5.92 Å². The minimum Gasteiger partial charge on any atom is -0.319 e. The van der Waals surface area contributed by atoms with Gasteiger partial charge < -0.3 is 4.90 Å². The lowest BCUT2D eigenvalue weighted by Gasteiger charge is -2.51. The Kier molecular flexibility index (Phi) is 5.10. The summed E-state index contributed by atoms with van der Waals surface area (Å²) in [5.74, 6) is 0.469. The van der Waals surface area contributed by atoms with Crippen molar-refractivity contribution in [1.29, 1.82) is 5.26 Å². The Hall–Kier alpha value is -2.45. The van der Waals surface area contributed by atoms with E-state index >= 15 is 0 Å². The molecule has 1 saturated heterocycles. The van der Waals surface area contributed by atoms with Gasteiger partial charge in [-0.3, -0.25) is 14.9 Å². The first-order valence-corrected chi connectivity index (χ1v) is 11.0. The largest absolute Gasteiger partial charge is 0.319 e. The number of nitriles is 1. The first kappa shape index (κ1) is 20.8. The summed E-state index contributed by atoms with van der Waals surface area (Å²) in [7, 11) is 0. The predicted octanol–water partition coefficient (Wildman–Crippen LogP) is 4.08.